The van der Waals surface area contributed by atoms with Crippen molar-refractivity contribution in [2.75, 3.05) is 6.61 Å². The van der Waals surface area contributed by atoms with Crippen LogP contribution in [0, 0.1) is 0 Å². The maximum absolute atomic E-state index is 13.6. The molecule has 0 bridgehead atoms. The van der Waals surface area contributed by atoms with E-state index in [1.807, 2.05) is 0 Å². The van der Waals surface area contributed by atoms with E-state index in [0.29, 0.717) is 12.1 Å². The number of amides is 1. The smallest absolute Gasteiger partial charge is 0.444 e. The molecule has 0 aliphatic carbocycles. The van der Waals surface area contributed by atoms with Crippen LogP contribution in [0.1, 0.15) is 52.1 Å². The zero-order chi connectivity index (χ0) is 29.1. The fraction of sp³-hybridized carbons (Fsp3) is 0.571. The number of rotatable bonds is 4. The third-order valence-corrected chi connectivity index (χ3v) is 7.41. The third kappa shape index (κ3) is 5.83. The van der Waals surface area contributed by atoms with Crippen LogP contribution in [-0.4, -0.2) is 53.0 Å². The fourth-order valence-electron chi connectivity index (χ4n) is 3.61. The summed E-state index contributed by atoms with van der Waals surface area (Å²) in [4.78, 5) is 14.3. The number of aromatic nitrogens is 2. The number of nitrogens with zero attached hydrogens (tertiary/aromatic N) is 3. The Labute approximate surface area is 217 Å². The van der Waals surface area contributed by atoms with E-state index in [4.69, 9.17) is 9.47 Å². The van der Waals surface area contributed by atoms with Crippen LogP contribution in [-0.2, 0) is 31.3 Å². The third-order valence-electron chi connectivity index (χ3n) is 5.22. The van der Waals surface area contributed by atoms with Crippen LogP contribution in [0.3, 0.4) is 0 Å². The summed E-state index contributed by atoms with van der Waals surface area (Å²) in [5.74, 6) is -1.56. The average Bonchev–Trinajstić information content (AvgIpc) is 3.29. The van der Waals surface area contributed by atoms with Crippen LogP contribution >= 0.6 is 11.3 Å². The van der Waals surface area contributed by atoms with Gasteiger partial charge in [0.2, 0.25) is 0 Å². The van der Waals surface area contributed by atoms with Crippen molar-refractivity contribution in [1.82, 2.24) is 15.1 Å². The van der Waals surface area contributed by atoms with Gasteiger partial charge in [-0.15, -0.1) is 10.2 Å². The first-order valence-corrected chi connectivity index (χ1v) is 12.9. The summed E-state index contributed by atoms with van der Waals surface area (Å²) in [7, 11) is -6.35. The SMILES string of the molecule is CC(C)(C)OC(=O)N1C(C)(C)OCC1(C)c1nnc(-c2ccc(OS(=O)(=O)C(F)(F)F)c(C(F)(F)F)c2)s1. The molecule has 38 heavy (non-hydrogen) atoms. The topological polar surface area (TPSA) is 108 Å². The van der Waals surface area contributed by atoms with Gasteiger partial charge in [0.1, 0.15) is 26.9 Å². The highest BCUT2D eigenvalue weighted by atomic mass is 32.2. The summed E-state index contributed by atoms with van der Waals surface area (Å²) in [5, 5.41) is 8.00. The van der Waals surface area contributed by atoms with Gasteiger partial charge < -0.3 is 13.7 Å². The summed E-state index contributed by atoms with van der Waals surface area (Å²) in [6.45, 7) is 9.79. The van der Waals surface area contributed by atoms with Gasteiger partial charge in [-0.1, -0.05) is 11.3 Å². The molecule has 1 amide bonds. The molecule has 0 radical (unpaired) electrons. The van der Waals surface area contributed by atoms with Crippen molar-refractivity contribution in [3.8, 4) is 16.3 Å². The Hall–Kier alpha value is -2.66. The molecule has 1 aliphatic rings. The highest BCUT2D eigenvalue weighted by Gasteiger charge is 2.56. The largest absolute Gasteiger partial charge is 0.534 e. The molecule has 2 aromatic rings. The van der Waals surface area contributed by atoms with Crippen LogP contribution in [0.4, 0.5) is 31.1 Å². The molecular weight excluding hydrogens is 568 g/mol. The van der Waals surface area contributed by atoms with Gasteiger partial charge in [-0.05, 0) is 59.7 Å². The minimum absolute atomic E-state index is 0.0518. The van der Waals surface area contributed by atoms with E-state index in [2.05, 4.69) is 14.4 Å². The van der Waals surface area contributed by atoms with Crippen LogP contribution in [0.15, 0.2) is 18.2 Å². The average molecular weight is 592 g/mol. The minimum atomic E-state index is -6.35. The highest BCUT2D eigenvalue weighted by Crippen LogP contribution is 2.46. The van der Waals surface area contributed by atoms with E-state index in [0.717, 1.165) is 17.4 Å². The van der Waals surface area contributed by atoms with Crippen LogP contribution in [0.25, 0.3) is 10.6 Å². The Bertz CT molecular complexity index is 1330. The zero-order valence-electron chi connectivity index (χ0n) is 20.8. The Morgan fingerprint density at radius 1 is 1.08 bits per heavy atom. The predicted molar refractivity (Wildman–Crippen MR) is 121 cm³/mol. The number of ether oxygens (including phenoxy) is 2. The number of halogens is 6. The van der Waals surface area contributed by atoms with Gasteiger partial charge in [0.05, 0.1) is 12.2 Å². The summed E-state index contributed by atoms with van der Waals surface area (Å²) in [6.07, 6.45) is -6.01. The van der Waals surface area contributed by atoms with Gasteiger partial charge in [0.15, 0.2) is 5.75 Å². The predicted octanol–water partition coefficient (Wildman–Crippen LogP) is 5.67. The zero-order valence-corrected chi connectivity index (χ0v) is 22.4. The van der Waals surface area contributed by atoms with Gasteiger partial charge in [0, 0.05) is 5.56 Å². The van der Waals surface area contributed by atoms with E-state index >= 15 is 0 Å². The first-order valence-electron chi connectivity index (χ1n) is 10.7. The molecule has 1 saturated heterocycles. The lowest BCUT2D eigenvalue weighted by atomic mass is 10.0. The van der Waals surface area contributed by atoms with E-state index in [-0.39, 0.29) is 22.2 Å². The van der Waals surface area contributed by atoms with E-state index in [1.54, 1.807) is 41.5 Å². The Morgan fingerprint density at radius 3 is 2.21 bits per heavy atom. The van der Waals surface area contributed by atoms with E-state index in [1.165, 1.54) is 4.90 Å². The summed E-state index contributed by atoms with van der Waals surface area (Å²) < 4.78 is 116. The molecule has 1 atom stereocenters. The van der Waals surface area contributed by atoms with Crippen molar-refractivity contribution < 1.29 is 53.2 Å². The van der Waals surface area contributed by atoms with E-state index in [9.17, 15) is 39.6 Å². The molecule has 0 spiro atoms. The lowest BCUT2D eigenvalue weighted by Crippen LogP contribution is -2.54. The standard InChI is InChI=1S/C21H23F6N3O6S2/c1-17(2,3)35-16(31)30-18(4,5)34-10-19(30,6)15-29-28-14(37-15)11-7-8-13(12(9-11)20(22,23)24)36-38(32,33)21(25,26)27/h7-9H,10H2,1-6H3. The Balaban J connectivity index is 2.03. The normalized spacial score (nSPS) is 20.5. The maximum atomic E-state index is 13.6. The van der Waals surface area contributed by atoms with Crippen molar-refractivity contribution in [2.45, 2.75) is 70.1 Å². The Kier molecular flexibility index (Phi) is 7.25. The van der Waals surface area contributed by atoms with Crippen molar-refractivity contribution in [2.24, 2.45) is 0 Å². The maximum Gasteiger partial charge on any atom is 0.534 e. The monoisotopic (exact) mass is 591 g/mol. The van der Waals surface area contributed by atoms with Gasteiger partial charge in [-0.2, -0.15) is 34.8 Å². The molecule has 1 aromatic carbocycles. The number of hydrogen-bond donors (Lipinski definition) is 0. The first-order chi connectivity index (χ1) is 17.0. The second-order valence-electron chi connectivity index (χ2n) is 9.93. The molecule has 212 valence electrons. The number of benzene rings is 1. The molecule has 1 fully saturated rings. The van der Waals surface area contributed by atoms with Crippen molar-refractivity contribution in [1.29, 1.82) is 0 Å². The van der Waals surface area contributed by atoms with E-state index < -0.39 is 56.1 Å². The van der Waals surface area contributed by atoms with Crippen molar-refractivity contribution in [3.63, 3.8) is 0 Å². The van der Waals surface area contributed by atoms with Gasteiger partial charge >= 0.3 is 27.9 Å². The fourth-order valence-corrected chi connectivity index (χ4v) is 5.04. The van der Waals surface area contributed by atoms with Crippen molar-refractivity contribution in [3.05, 3.63) is 28.8 Å². The highest BCUT2D eigenvalue weighted by molar-refractivity contribution is 7.88. The molecule has 17 heteroatoms. The summed E-state index contributed by atoms with van der Waals surface area (Å²) in [5.41, 5.74) is -11.2. The molecule has 9 nitrogen and oxygen atoms in total. The number of alkyl halides is 6. The lowest BCUT2D eigenvalue weighted by Gasteiger charge is -2.39. The second kappa shape index (κ2) is 9.22. The van der Waals surface area contributed by atoms with Gasteiger partial charge in [-0.25, -0.2) is 4.79 Å². The molecule has 0 N–H and O–H groups in total. The molecule has 1 unspecified atom stereocenters. The van der Waals surface area contributed by atoms with Crippen LogP contribution in [0.5, 0.6) is 5.75 Å². The van der Waals surface area contributed by atoms with Crippen molar-refractivity contribution >= 4 is 27.5 Å². The molecule has 3 rings (SSSR count). The first kappa shape index (κ1) is 29.9. The minimum Gasteiger partial charge on any atom is -0.444 e. The quantitative estimate of drug-likeness (QED) is 0.254. The summed E-state index contributed by atoms with van der Waals surface area (Å²) in [6, 6.07) is 1.75. The Morgan fingerprint density at radius 2 is 1.68 bits per heavy atom. The second-order valence-corrected chi connectivity index (χ2v) is 12.4. The van der Waals surface area contributed by atoms with Crippen LogP contribution < -0.4 is 4.18 Å². The van der Waals surface area contributed by atoms with Gasteiger partial charge in [0.25, 0.3) is 0 Å². The number of carbonyl (C=O) groups excluding carboxylic acids is 1. The molecule has 1 aliphatic heterocycles. The number of carbonyl (C=O) groups is 1. The number of hydrogen-bond acceptors (Lipinski definition) is 9. The van der Waals surface area contributed by atoms with Crippen LogP contribution in [0.2, 0.25) is 0 Å². The molecule has 2 heterocycles. The van der Waals surface area contributed by atoms with Gasteiger partial charge in [-0.3, -0.25) is 4.90 Å². The lowest BCUT2D eigenvalue weighted by molar-refractivity contribution is -0.138. The molecule has 0 saturated carbocycles. The molecular formula is C21H23F6N3O6S2. The summed E-state index contributed by atoms with van der Waals surface area (Å²) >= 11 is 0.806. The molecule has 1 aromatic heterocycles.